The number of halogens is 1. The zero-order valence-corrected chi connectivity index (χ0v) is 12.3. The maximum Gasteiger partial charge on any atom is 0.490 e. The molecule has 0 atom stereocenters. The van der Waals surface area contributed by atoms with Crippen LogP contribution in [0.3, 0.4) is 0 Å². The van der Waals surface area contributed by atoms with Crippen LogP contribution >= 0.6 is 11.6 Å². The van der Waals surface area contributed by atoms with Crippen molar-refractivity contribution in [2.45, 2.75) is 39.8 Å². The summed E-state index contributed by atoms with van der Waals surface area (Å²) >= 11 is 5.88. The van der Waals surface area contributed by atoms with Gasteiger partial charge in [-0.25, -0.2) is 0 Å². The zero-order valence-electron chi connectivity index (χ0n) is 11.6. The molecule has 0 saturated heterocycles. The maximum atomic E-state index is 9.28. The van der Waals surface area contributed by atoms with Gasteiger partial charge in [0.15, 0.2) is 0 Å². The van der Waals surface area contributed by atoms with E-state index < -0.39 is 7.12 Å². The van der Waals surface area contributed by atoms with Gasteiger partial charge in [-0.05, 0) is 39.8 Å². The lowest BCUT2D eigenvalue weighted by molar-refractivity contribution is 0.169. The van der Waals surface area contributed by atoms with Crippen molar-refractivity contribution in [3.05, 3.63) is 23.2 Å². The molecular weight excluding hydrogens is 264 g/mol. The third-order valence-corrected chi connectivity index (χ3v) is 2.82. The first kappa shape index (κ1) is 16.0. The molecule has 1 aromatic carbocycles. The predicted octanol–water partition coefficient (Wildman–Crippen LogP) is 2.14. The summed E-state index contributed by atoms with van der Waals surface area (Å²) in [4.78, 5) is 0. The van der Waals surface area contributed by atoms with Gasteiger partial charge in [0.1, 0.15) is 0 Å². The quantitative estimate of drug-likeness (QED) is 0.494. The Labute approximate surface area is 119 Å². The van der Waals surface area contributed by atoms with E-state index >= 15 is 0 Å². The van der Waals surface area contributed by atoms with Crippen molar-refractivity contribution < 1.29 is 10.0 Å². The topological polar surface area (TPSA) is 68.4 Å². The van der Waals surface area contributed by atoms with Crippen molar-refractivity contribution in [2.24, 2.45) is 10.3 Å². The van der Waals surface area contributed by atoms with E-state index in [1.807, 2.05) is 32.7 Å². The van der Waals surface area contributed by atoms with Crippen molar-refractivity contribution in [2.75, 3.05) is 0 Å². The van der Waals surface area contributed by atoms with Gasteiger partial charge in [-0.1, -0.05) is 22.9 Å². The zero-order chi connectivity index (χ0) is 14.6. The minimum Gasteiger partial charge on any atom is -0.423 e. The van der Waals surface area contributed by atoms with Crippen LogP contribution in [-0.4, -0.2) is 34.3 Å². The summed E-state index contributed by atoms with van der Waals surface area (Å²) in [7, 11) is -1.60. The highest BCUT2D eigenvalue weighted by Gasteiger charge is 2.17. The summed E-state index contributed by atoms with van der Waals surface area (Å²) in [6.07, 6.45) is 0. The Hall–Kier alpha value is -1.11. The van der Waals surface area contributed by atoms with E-state index in [9.17, 15) is 10.0 Å². The largest absolute Gasteiger partial charge is 0.490 e. The smallest absolute Gasteiger partial charge is 0.423 e. The highest BCUT2D eigenvalue weighted by atomic mass is 35.5. The van der Waals surface area contributed by atoms with Crippen LogP contribution in [0.1, 0.15) is 27.7 Å². The molecule has 1 rings (SSSR count). The van der Waals surface area contributed by atoms with Gasteiger partial charge in [-0.15, -0.1) is 5.11 Å². The number of rotatable bonds is 5. The van der Waals surface area contributed by atoms with Gasteiger partial charge in [-0.2, -0.15) is 0 Å². The van der Waals surface area contributed by atoms with Gasteiger partial charge in [0.25, 0.3) is 0 Å². The van der Waals surface area contributed by atoms with Crippen LogP contribution in [0, 0.1) is 0 Å². The number of hydrogen-bond acceptors (Lipinski definition) is 4. The van der Waals surface area contributed by atoms with Crippen molar-refractivity contribution in [1.82, 2.24) is 5.01 Å². The highest BCUT2D eigenvalue weighted by molar-refractivity contribution is 6.60. The molecule has 0 amide bonds. The first-order valence-electron chi connectivity index (χ1n) is 6.18. The van der Waals surface area contributed by atoms with E-state index in [0.717, 1.165) is 0 Å². The van der Waals surface area contributed by atoms with Crippen LogP contribution in [0.5, 0.6) is 0 Å². The standard InChI is InChI=1S/C12H19BClN3O2/c1-8(2)17(9(3)4)16-15-12-7-10(14)5-6-11(12)13(18)19/h5-9,18-19H,1-4H3. The Morgan fingerprint density at radius 2 is 1.74 bits per heavy atom. The van der Waals surface area contributed by atoms with Crippen molar-refractivity contribution in [3.63, 3.8) is 0 Å². The molecule has 0 unspecified atom stereocenters. The molecule has 0 saturated carbocycles. The average Bonchev–Trinajstić information content (AvgIpc) is 2.27. The van der Waals surface area contributed by atoms with Gasteiger partial charge < -0.3 is 10.0 Å². The Kier molecular flexibility index (Phi) is 5.78. The molecule has 0 aromatic heterocycles. The van der Waals surface area contributed by atoms with Crippen molar-refractivity contribution >= 4 is 29.9 Å². The molecule has 7 heteroatoms. The fourth-order valence-electron chi connectivity index (χ4n) is 1.72. The first-order chi connectivity index (χ1) is 8.82. The molecule has 0 aliphatic rings. The summed E-state index contributed by atoms with van der Waals surface area (Å²) in [5, 5.41) is 29.1. The number of nitrogens with zero attached hydrogens (tertiary/aromatic N) is 3. The predicted molar refractivity (Wildman–Crippen MR) is 77.9 cm³/mol. The molecule has 5 nitrogen and oxygen atoms in total. The van der Waals surface area contributed by atoms with Crippen LogP contribution in [0.2, 0.25) is 5.02 Å². The van der Waals surface area contributed by atoms with E-state index in [0.29, 0.717) is 10.7 Å². The second-order valence-corrected chi connectivity index (χ2v) is 5.27. The molecule has 0 spiro atoms. The molecule has 19 heavy (non-hydrogen) atoms. The number of hydrogen-bond donors (Lipinski definition) is 2. The van der Waals surface area contributed by atoms with Crippen LogP contribution < -0.4 is 5.46 Å². The van der Waals surface area contributed by atoms with Crippen molar-refractivity contribution in [1.29, 1.82) is 0 Å². The SMILES string of the molecule is CC(C)N(N=Nc1cc(Cl)ccc1B(O)O)C(C)C. The molecule has 0 radical (unpaired) electrons. The Balaban J connectivity index is 3.06. The Morgan fingerprint density at radius 3 is 2.21 bits per heavy atom. The fraction of sp³-hybridized carbons (Fsp3) is 0.500. The minimum absolute atomic E-state index is 0.199. The third-order valence-electron chi connectivity index (χ3n) is 2.58. The molecule has 0 heterocycles. The molecule has 2 N–H and O–H groups in total. The average molecular weight is 284 g/mol. The van der Waals surface area contributed by atoms with Crippen molar-refractivity contribution in [3.8, 4) is 0 Å². The fourth-order valence-corrected chi connectivity index (χ4v) is 1.89. The second kappa shape index (κ2) is 6.89. The Morgan fingerprint density at radius 1 is 1.16 bits per heavy atom. The van der Waals surface area contributed by atoms with E-state index in [-0.39, 0.29) is 17.5 Å². The van der Waals surface area contributed by atoms with Crippen LogP contribution in [0.25, 0.3) is 0 Å². The normalized spacial score (nSPS) is 11.6. The molecule has 0 aliphatic heterocycles. The molecule has 0 aliphatic carbocycles. The van der Waals surface area contributed by atoms with Crippen LogP contribution in [0.4, 0.5) is 5.69 Å². The van der Waals surface area contributed by atoms with Gasteiger partial charge in [0.2, 0.25) is 0 Å². The molecule has 0 bridgehead atoms. The number of benzene rings is 1. The van der Waals surface area contributed by atoms with E-state index in [1.54, 1.807) is 12.1 Å². The molecule has 1 aromatic rings. The lowest BCUT2D eigenvalue weighted by Gasteiger charge is -2.25. The summed E-state index contributed by atoms with van der Waals surface area (Å²) in [5.41, 5.74) is 0.634. The van der Waals surface area contributed by atoms with Gasteiger partial charge in [-0.3, -0.25) is 5.01 Å². The van der Waals surface area contributed by atoms with E-state index in [1.165, 1.54) is 6.07 Å². The van der Waals surface area contributed by atoms with Crippen LogP contribution in [0.15, 0.2) is 28.5 Å². The minimum atomic E-state index is -1.60. The van der Waals surface area contributed by atoms with Crippen LogP contribution in [-0.2, 0) is 0 Å². The summed E-state index contributed by atoms with van der Waals surface area (Å²) in [5.74, 6) is 0. The molecule has 0 fully saturated rings. The molecular formula is C12H19BClN3O2. The van der Waals surface area contributed by atoms with Gasteiger partial charge >= 0.3 is 7.12 Å². The summed E-state index contributed by atoms with van der Waals surface area (Å²) in [6, 6.07) is 5.06. The van der Waals surface area contributed by atoms with E-state index in [4.69, 9.17) is 11.6 Å². The van der Waals surface area contributed by atoms with E-state index in [2.05, 4.69) is 10.3 Å². The maximum absolute atomic E-state index is 9.28. The van der Waals surface area contributed by atoms with Gasteiger partial charge in [0.05, 0.1) is 5.69 Å². The first-order valence-corrected chi connectivity index (χ1v) is 6.56. The Bertz CT molecular complexity index is 445. The summed E-state index contributed by atoms with van der Waals surface area (Å²) in [6.45, 7) is 8.05. The monoisotopic (exact) mass is 283 g/mol. The molecule has 104 valence electrons. The van der Waals surface area contributed by atoms with Gasteiger partial charge in [0, 0.05) is 22.6 Å². The highest BCUT2D eigenvalue weighted by Crippen LogP contribution is 2.18. The lowest BCUT2D eigenvalue weighted by atomic mass is 9.79. The second-order valence-electron chi connectivity index (χ2n) is 4.83. The lowest BCUT2D eigenvalue weighted by Crippen LogP contribution is -2.32. The third kappa shape index (κ3) is 4.49. The summed E-state index contributed by atoms with van der Waals surface area (Å²) < 4.78 is 0.